The topological polar surface area (TPSA) is 97.2 Å². The number of anilines is 2. The molecule has 1 fully saturated rings. The lowest BCUT2D eigenvalue weighted by Crippen LogP contribution is -2.42. The molecule has 2 atom stereocenters. The molecule has 9 nitrogen and oxygen atoms in total. The largest absolute Gasteiger partial charge is 0.445 e. The van der Waals surface area contributed by atoms with E-state index < -0.39 is 0 Å². The van der Waals surface area contributed by atoms with Crippen molar-refractivity contribution in [3.05, 3.63) is 109 Å². The molecule has 0 spiro atoms. The molecule has 1 aliphatic heterocycles. The van der Waals surface area contributed by atoms with Crippen LogP contribution in [-0.2, 0) is 11.3 Å². The van der Waals surface area contributed by atoms with Crippen molar-refractivity contribution in [2.45, 2.75) is 32.4 Å². The van der Waals surface area contributed by atoms with E-state index in [0.717, 1.165) is 54.0 Å². The van der Waals surface area contributed by atoms with Crippen molar-refractivity contribution in [1.82, 2.24) is 24.4 Å². The molecular formula is C33H35N7O2. The summed E-state index contributed by atoms with van der Waals surface area (Å²) in [4.78, 5) is 28.3. The number of carbonyl (C=O) groups excluding carboxylic acids is 1. The highest BCUT2D eigenvalue weighted by atomic mass is 16.6. The van der Waals surface area contributed by atoms with Crippen LogP contribution in [0, 0.1) is 5.92 Å². The van der Waals surface area contributed by atoms with E-state index in [4.69, 9.17) is 9.72 Å². The van der Waals surface area contributed by atoms with Gasteiger partial charge in [0.15, 0.2) is 0 Å². The molecule has 2 aromatic heterocycles. The molecular weight excluding hydrogens is 526 g/mol. The van der Waals surface area contributed by atoms with Crippen LogP contribution < -0.4 is 10.6 Å². The molecule has 9 heteroatoms. The van der Waals surface area contributed by atoms with Crippen LogP contribution in [0.2, 0.25) is 0 Å². The molecule has 6 rings (SSSR count). The van der Waals surface area contributed by atoms with Gasteiger partial charge in [-0.15, -0.1) is 0 Å². The lowest BCUT2D eigenvalue weighted by atomic mass is 9.98. The molecule has 0 bridgehead atoms. The SMILES string of the molecule is C[C@H](Nc1nccc(-n2cnc3cc(NCC4CCCN(C(=O)OCc5ccccc5)C4)ccc32)n1)c1ccccc1. The second-order valence-corrected chi connectivity index (χ2v) is 10.7. The fourth-order valence-corrected chi connectivity index (χ4v) is 5.35. The molecule has 42 heavy (non-hydrogen) atoms. The van der Waals surface area contributed by atoms with Gasteiger partial charge in [0, 0.05) is 31.5 Å². The fourth-order valence-electron chi connectivity index (χ4n) is 5.35. The van der Waals surface area contributed by atoms with E-state index in [2.05, 4.69) is 57.9 Å². The molecule has 0 radical (unpaired) electrons. The monoisotopic (exact) mass is 561 g/mol. The summed E-state index contributed by atoms with van der Waals surface area (Å²) in [6.07, 6.45) is 5.35. The van der Waals surface area contributed by atoms with Gasteiger partial charge in [-0.05, 0) is 61.1 Å². The number of nitrogens with one attached hydrogen (secondary N) is 2. The van der Waals surface area contributed by atoms with Crippen molar-refractivity contribution in [2.75, 3.05) is 30.3 Å². The van der Waals surface area contributed by atoms with Crippen LogP contribution in [0.1, 0.15) is 36.9 Å². The Morgan fingerprint density at radius 1 is 1.02 bits per heavy atom. The Kier molecular flexibility index (Phi) is 8.26. The molecule has 3 aromatic carbocycles. The summed E-state index contributed by atoms with van der Waals surface area (Å²) in [6.45, 7) is 4.58. The van der Waals surface area contributed by atoms with Gasteiger partial charge in [0.05, 0.1) is 17.1 Å². The number of hydrogen-bond donors (Lipinski definition) is 2. The Hall–Kier alpha value is -4.92. The first-order chi connectivity index (χ1) is 20.6. The van der Waals surface area contributed by atoms with Crippen LogP contribution in [0.15, 0.2) is 97.5 Å². The molecule has 0 aliphatic carbocycles. The maximum absolute atomic E-state index is 12.7. The average molecular weight is 562 g/mol. The number of hydrogen-bond acceptors (Lipinski definition) is 7. The Bertz CT molecular complexity index is 1620. The minimum atomic E-state index is -0.242. The van der Waals surface area contributed by atoms with E-state index in [0.29, 0.717) is 25.0 Å². The van der Waals surface area contributed by atoms with Gasteiger partial charge in [0.25, 0.3) is 0 Å². The summed E-state index contributed by atoms with van der Waals surface area (Å²) in [7, 11) is 0. The van der Waals surface area contributed by atoms with E-state index >= 15 is 0 Å². The molecule has 2 N–H and O–H groups in total. The molecule has 0 saturated carbocycles. The van der Waals surface area contributed by atoms with E-state index in [-0.39, 0.29) is 12.1 Å². The summed E-state index contributed by atoms with van der Waals surface area (Å²) in [5.74, 6) is 1.66. The van der Waals surface area contributed by atoms with E-state index in [1.165, 1.54) is 5.56 Å². The zero-order chi connectivity index (χ0) is 28.7. The number of nitrogens with zero attached hydrogens (tertiary/aromatic N) is 5. The number of ether oxygens (including phenoxy) is 1. The van der Waals surface area contributed by atoms with Crippen molar-refractivity contribution in [3.63, 3.8) is 0 Å². The average Bonchev–Trinajstić information content (AvgIpc) is 3.47. The lowest BCUT2D eigenvalue weighted by molar-refractivity contribution is 0.0804. The normalized spacial score (nSPS) is 15.7. The van der Waals surface area contributed by atoms with Crippen molar-refractivity contribution < 1.29 is 9.53 Å². The first-order valence-corrected chi connectivity index (χ1v) is 14.4. The number of aromatic nitrogens is 4. The van der Waals surface area contributed by atoms with Crippen molar-refractivity contribution in [3.8, 4) is 5.82 Å². The van der Waals surface area contributed by atoms with Crippen LogP contribution in [0.5, 0.6) is 0 Å². The Labute approximate surface area is 245 Å². The Balaban J connectivity index is 1.06. The quantitative estimate of drug-likeness (QED) is 0.213. The number of piperidine rings is 1. The van der Waals surface area contributed by atoms with Crippen LogP contribution in [0.3, 0.4) is 0 Å². The Morgan fingerprint density at radius 3 is 2.67 bits per heavy atom. The van der Waals surface area contributed by atoms with Crippen LogP contribution in [0.25, 0.3) is 16.9 Å². The first-order valence-electron chi connectivity index (χ1n) is 14.4. The number of likely N-dealkylation sites (tertiary alicyclic amines) is 1. The van der Waals surface area contributed by atoms with Gasteiger partial charge in [-0.1, -0.05) is 60.7 Å². The van der Waals surface area contributed by atoms with E-state index in [1.807, 2.05) is 64.1 Å². The molecule has 1 aliphatic rings. The second-order valence-electron chi connectivity index (χ2n) is 10.7. The summed E-state index contributed by atoms with van der Waals surface area (Å²) in [5.41, 5.74) is 5.00. The van der Waals surface area contributed by atoms with Gasteiger partial charge in [0.2, 0.25) is 5.95 Å². The lowest BCUT2D eigenvalue weighted by Gasteiger charge is -2.32. The second kappa shape index (κ2) is 12.7. The summed E-state index contributed by atoms with van der Waals surface area (Å²) in [5, 5.41) is 6.95. The summed E-state index contributed by atoms with van der Waals surface area (Å²) in [6, 6.07) is 28.1. The van der Waals surface area contributed by atoms with Gasteiger partial charge < -0.3 is 20.3 Å². The van der Waals surface area contributed by atoms with Crippen LogP contribution in [-0.4, -0.2) is 50.1 Å². The standard InChI is InChI=1S/C33H35N7O2/c1-24(27-12-6-3-7-13-27)37-32-34-17-16-31(38-32)40-23-36-29-19-28(14-15-30(29)40)35-20-26-11-8-18-39(21-26)33(41)42-22-25-9-4-2-5-10-25/h2-7,9-10,12-17,19,23-24,26,35H,8,11,18,20-22H2,1H3,(H,34,37,38)/t24-,26?/m0/s1. The smallest absolute Gasteiger partial charge is 0.410 e. The highest BCUT2D eigenvalue weighted by molar-refractivity contribution is 5.81. The zero-order valence-corrected chi connectivity index (χ0v) is 23.7. The minimum absolute atomic E-state index is 0.0748. The third-order valence-electron chi connectivity index (χ3n) is 7.66. The van der Waals surface area contributed by atoms with Crippen molar-refractivity contribution >= 4 is 28.8 Å². The molecule has 1 saturated heterocycles. The number of benzene rings is 3. The van der Waals surface area contributed by atoms with Crippen LogP contribution in [0.4, 0.5) is 16.4 Å². The Morgan fingerprint density at radius 2 is 1.83 bits per heavy atom. The van der Waals surface area contributed by atoms with Crippen LogP contribution >= 0.6 is 0 Å². The molecule has 3 heterocycles. The van der Waals surface area contributed by atoms with Gasteiger partial charge >= 0.3 is 6.09 Å². The predicted octanol–water partition coefficient (Wildman–Crippen LogP) is 6.45. The zero-order valence-electron chi connectivity index (χ0n) is 23.7. The summed E-state index contributed by atoms with van der Waals surface area (Å²) < 4.78 is 7.53. The molecule has 214 valence electrons. The van der Waals surface area contributed by atoms with E-state index in [9.17, 15) is 4.79 Å². The predicted molar refractivity (Wildman–Crippen MR) is 165 cm³/mol. The van der Waals surface area contributed by atoms with Gasteiger partial charge in [-0.25, -0.2) is 14.8 Å². The fraction of sp³-hybridized carbons (Fsp3) is 0.273. The molecule has 1 unspecified atom stereocenters. The molecule has 1 amide bonds. The number of fused-ring (bicyclic) bond motifs is 1. The van der Waals surface area contributed by atoms with Gasteiger partial charge in [-0.2, -0.15) is 4.98 Å². The van der Waals surface area contributed by atoms with E-state index in [1.54, 1.807) is 12.5 Å². The highest BCUT2D eigenvalue weighted by Crippen LogP contribution is 2.24. The third kappa shape index (κ3) is 6.52. The molecule has 5 aromatic rings. The maximum Gasteiger partial charge on any atom is 0.410 e. The first kappa shape index (κ1) is 27.3. The number of imidazole rings is 1. The third-order valence-corrected chi connectivity index (χ3v) is 7.66. The van der Waals surface area contributed by atoms with Crippen molar-refractivity contribution in [1.29, 1.82) is 0 Å². The maximum atomic E-state index is 12.7. The number of carbonyl (C=O) groups is 1. The van der Waals surface area contributed by atoms with Gasteiger partial charge in [0.1, 0.15) is 18.8 Å². The number of rotatable bonds is 9. The van der Waals surface area contributed by atoms with Gasteiger partial charge in [-0.3, -0.25) is 4.57 Å². The minimum Gasteiger partial charge on any atom is -0.445 e. The highest BCUT2D eigenvalue weighted by Gasteiger charge is 2.24. The summed E-state index contributed by atoms with van der Waals surface area (Å²) >= 11 is 0. The van der Waals surface area contributed by atoms with Crippen molar-refractivity contribution in [2.24, 2.45) is 5.92 Å². The number of amides is 1.